The molecule has 0 unspecified atom stereocenters. The summed E-state index contributed by atoms with van der Waals surface area (Å²) in [5, 5.41) is 0.760. The Morgan fingerprint density at radius 3 is 2.72 bits per heavy atom. The molecule has 0 radical (unpaired) electrons. The summed E-state index contributed by atoms with van der Waals surface area (Å²) in [6, 6.07) is 0. The lowest BCUT2D eigenvalue weighted by Gasteiger charge is -2.35. The van der Waals surface area contributed by atoms with E-state index < -0.39 is 0 Å². The van der Waals surface area contributed by atoms with E-state index in [4.69, 9.17) is 0 Å². The van der Waals surface area contributed by atoms with E-state index in [1.165, 1.54) is 21.4 Å². The number of hydrogen-bond donors (Lipinski definition) is 0. The summed E-state index contributed by atoms with van der Waals surface area (Å²) in [5.41, 5.74) is 1.14. The van der Waals surface area contributed by atoms with Crippen LogP contribution < -0.4 is 5.56 Å². The summed E-state index contributed by atoms with van der Waals surface area (Å²) in [4.78, 5) is 34.2. The van der Waals surface area contributed by atoms with Gasteiger partial charge in [0.25, 0.3) is 5.56 Å². The van der Waals surface area contributed by atoms with Crippen LogP contribution in [-0.4, -0.2) is 33.4 Å². The zero-order valence-electron chi connectivity index (χ0n) is 15.0. The molecule has 5 nitrogen and oxygen atoms in total. The lowest BCUT2D eigenvalue weighted by Crippen LogP contribution is -2.44. The van der Waals surface area contributed by atoms with Crippen molar-refractivity contribution >= 4 is 27.5 Å². The van der Waals surface area contributed by atoms with Gasteiger partial charge in [0, 0.05) is 18.0 Å². The SMILES string of the molecule is C[C@@H]1C[C@H](C)CN(C(=O)Cn2cnc3sc4c(c3c2=O)CCCC4)C1. The first-order valence-corrected chi connectivity index (χ1v) is 10.1. The third kappa shape index (κ3) is 3.12. The zero-order chi connectivity index (χ0) is 17.6. The van der Waals surface area contributed by atoms with Gasteiger partial charge >= 0.3 is 0 Å². The van der Waals surface area contributed by atoms with E-state index in [-0.39, 0.29) is 18.0 Å². The molecule has 3 heterocycles. The van der Waals surface area contributed by atoms with Crippen LogP contribution in [0, 0.1) is 11.8 Å². The molecule has 6 heteroatoms. The van der Waals surface area contributed by atoms with Crippen molar-refractivity contribution < 1.29 is 4.79 Å². The highest BCUT2D eigenvalue weighted by molar-refractivity contribution is 7.18. The Balaban J connectivity index is 1.62. The van der Waals surface area contributed by atoms with E-state index in [1.54, 1.807) is 17.7 Å². The van der Waals surface area contributed by atoms with Gasteiger partial charge in [-0.15, -0.1) is 11.3 Å². The second-order valence-corrected chi connectivity index (χ2v) is 8.90. The van der Waals surface area contributed by atoms with Gasteiger partial charge in [-0.05, 0) is 49.5 Å². The van der Waals surface area contributed by atoms with Gasteiger partial charge in [0.2, 0.25) is 5.91 Å². The van der Waals surface area contributed by atoms with Crippen LogP contribution >= 0.6 is 11.3 Å². The van der Waals surface area contributed by atoms with Crippen LogP contribution in [0.3, 0.4) is 0 Å². The van der Waals surface area contributed by atoms with Crippen LogP contribution in [0.1, 0.15) is 43.6 Å². The number of nitrogens with zero attached hydrogens (tertiary/aromatic N) is 3. The minimum absolute atomic E-state index is 0.0331. The lowest BCUT2D eigenvalue weighted by molar-refractivity contribution is -0.134. The van der Waals surface area contributed by atoms with Crippen molar-refractivity contribution in [3.63, 3.8) is 0 Å². The van der Waals surface area contributed by atoms with E-state index in [1.807, 2.05) is 4.90 Å². The highest BCUT2D eigenvalue weighted by Gasteiger charge is 2.26. The van der Waals surface area contributed by atoms with Crippen molar-refractivity contribution in [1.82, 2.24) is 14.5 Å². The predicted octanol–water partition coefficient (Wildman–Crippen LogP) is 2.84. The summed E-state index contributed by atoms with van der Waals surface area (Å²) in [5.74, 6) is 1.08. The molecule has 0 spiro atoms. The summed E-state index contributed by atoms with van der Waals surface area (Å²) in [6.45, 7) is 6.06. The molecule has 0 saturated carbocycles. The molecule has 4 rings (SSSR count). The molecule has 2 aromatic rings. The van der Waals surface area contributed by atoms with Crippen molar-refractivity contribution in [3.05, 3.63) is 27.1 Å². The molecular formula is C19H25N3O2S. The number of piperidine rings is 1. The predicted molar refractivity (Wildman–Crippen MR) is 100 cm³/mol. The Bertz CT molecular complexity index is 859. The Labute approximate surface area is 151 Å². The molecule has 0 N–H and O–H groups in total. The van der Waals surface area contributed by atoms with Gasteiger partial charge in [-0.25, -0.2) is 4.98 Å². The van der Waals surface area contributed by atoms with Gasteiger partial charge in [0.1, 0.15) is 11.4 Å². The number of likely N-dealkylation sites (tertiary alicyclic amines) is 1. The number of fused-ring (bicyclic) bond motifs is 3. The maximum atomic E-state index is 13.0. The third-order valence-corrected chi connectivity index (χ3v) is 6.67. The first-order chi connectivity index (χ1) is 12.0. The quantitative estimate of drug-likeness (QED) is 0.828. The van der Waals surface area contributed by atoms with Crippen LogP contribution in [0.15, 0.2) is 11.1 Å². The van der Waals surface area contributed by atoms with E-state index in [2.05, 4.69) is 18.8 Å². The van der Waals surface area contributed by atoms with E-state index in [0.717, 1.165) is 49.0 Å². The minimum atomic E-state index is -0.0455. The molecule has 1 aliphatic heterocycles. The largest absolute Gasteiger partial charge is 0.341 e. The fraction of sp³-hybridized carbons (Fsp3) is 0.632. The normalized spacial score (nSPS) is 23.7. The van der Waals surface area contributed by atoms with Gasteiger partial charge in [-0.2, -0.15) is 0 Å². The molecule has 2 aliphatic rings. The van der Waals surface area contributed by atoms with Crippen LogP contribution in [-0.2, 0) is 24.2 Å². The van der Waals surface area contributed by atoms with Crippen LogP contribution in [0.25, 0.3) is 10.2 Å². The van der Waals surface area contributed by atoms with Crippen LogP contribution in [0.5, 0.6) is 0 Å². The van der Waals surface area contributed by atoms with E-state index >= 15 is 0 Å². The first kappa shape index (κ1) is 16.8. The van der Waals surface area contributed by atoms with Crippen molar-refractivity contribution in [2.24, 2.45) is 11.8 Å². The van der Waals surface area contributed by atoms with Gasteiger partial charge < -0.3 is 4.90 Å². The van der Waals surface area contributed by atoms with Gasteiger partial charge in [0.05, 0.1) is 11.7 Å². The Hall–Kier alpha value is -1.69. The molecular weight excluding hydrogens is 334 g/mol. The van der Waals surface area contributed by atoms with Gasteiger partial charge in [0.15, 0.2) is 0 Å². The van der Waals surface area contributed by atoms with Crippen molar-refractivity contribution in [3.8, 4) is 0 Å². The molecule has 0 aromatic carbocycles. The summed E-state index contributed by atoms with van der Waals surface area (Å²) < 4.78 is 1.51. The van der Waals surface area contributed by atoms with Crippen molar-refractivity contribution in [2.45, 2.75) is 52.5 Å². The highest BCUT2D eigenvalue weighted by atomic mass is 32.1. The molecule has 1 amide bonds. The third-order valence-electron chi connectivity index (χ3n) is 5.47. The summed E-state index contributed by atoms with van der Waals surface area (Å²) in [6.07, 6.45) is 7.07. The molecule has 134 valence electrons. The van der Waals surface area contributed by atoms with Gasteiger partial charge in [-0.3, -0.25) is 14.2 Å². The maximum Gasteiger partial charge on any atom is 0.262 e. The number of carbonyl (C=O) groups excluding carboxylic acids is 1. The van der Waals surface area contributed by atoms with Crippen molar-refractivity contribution in [2.75, 3.05) is 13.1 Å². The number of aromatic nitrogens is 2. The topological polar surface area (TPSA) is 55.2 Å². The lowest BCUT2D eigenvalue weighted by atomic mass is 9.92. The second-order valence-electron chi connectivity index (χ2n) is 7.81. The smallest absolute Gasteiger partial charge is 0.262 e. The number of thiophene rings is 1. The summed E-state index contributed by atoms with van der Waals surface area (Å²) >= 11 is 1.65. The molecule has 1 fully saturated rings. The Kier molecular flexibility index (Phi) is 4.40. The average molecular weight is 359 g/mol. The molecule has 25 heavy (non-hydrogen) atoms. The highest BCUT2D eigenvalue weighted by Crippen LogP contribution is 2.33. The van der Waals surface area contributed by atoms with Crippen LogP contribution in [0.4, 0.5) is 0 Å². The monoisotopic (exact) mass is 359 g/mol. The molecule has 0 bridgehead atoms. The van der Waals surface area contributed by atoms with Crippen LogP contribution in [0.2, 0.25) is 0 Å². The summed E-state index contributed by atoms with van der Waals surface area (Å²) in [7, 11) is 0. The Morgan fingerprint density at radius 2 is 1.96 bits per heavy atom. The number of aryl methyl sites for hydroxylation is 2. The minimum Gasteiger partial charge on any atom is -0.341 e. The molecule has 2 aromatic heterocycles. The first-order valence-electron chi connectivity index (χ1n) is 9.30. The fourth-order valence-corrected chi connectivity index (χ4v) is 5.63. The number of rotatable bonds is 2. The number of carbonyl (C=O) groups is 1. The molecule has 1 aliphatic carbocycles. The standard InChI is InChI=1S/C19H25N3O2S/c1-12-7-13(2)9-21(8-12)16(23)10-22-11-20-18-17(19(22)24)14-5-3-4-6-15(14)25-18/h11-13H,3-10H2,1-2H3/t12-,13+. The maximum absolute atomic E-state index is 13.0. The number of hydrogen-bond acceptors (Lipinski definition) is 4. The van der Waals surface area contributed by atoms with E-state index in [9.17, 15) is 9.59 Å². The van der Waals surface area contributed by atoms with Crippen molar-refractivity contribution in [1.29, 1.82) is 0 Å². The zero-order valence-corrected chi connectivity index (χ0v) is 15.8. The average Bonchev–Trinajstić information content (AvgIpc) is 2.95. The van der Waals surface area contributed by atoms with Gasteiger partial charge in [-0.1, -0.05) is 13.8 Å². The number of amides is 1. The molecule has 1 saturated heterocycles. The molecule has 2 atom stereocenters. The second kappa shape index (κ2) is 6.56. The van der Waals surface area contributed by atoms with E-state index in [0.29, 0.717) is 11.8 Å². The Morgan fingerprint density at radius 1 is 1.24 bits per heavy atom. The fourth-order valence-electron chi connectivity index (χ4n) is 4.41.